The van der Waals surface area contributed by atoms with Crippen molar-refractivity contribution in [3.63, 3.8) is 0 Å². The number of nitrogens with one attached hydrogen (secondary N) is 2. The van der Waals surface area contributed by atoms with E-state index in [-0.39, 0.29) is 24.7 Å². The first-order valence-electron chi connectivity index (χ1n) is 17.3. The molecule has 2 aliphatic carbocycles. The maximum absolute atomic E-state index is 14.1. The molecular formula is C36H53N5O6Si. The summed E-state index contributed by atoms with van der Waals surface area (Å²) in [4.78, 5) is 35.8. The second-order valence-electron chi connectivity index (χ2n) is 15.4. The van der Waals surface area contributed by atoms with Crippen molar-refractivity contribution in [2.45, 2.75) is 116 Å². The molecule has 2 aromatic heterocycles. The van der Waals surface area contributed by atoms with Gasteiger partial charge in [0.25, 0.3) is 5.91 Å². The second-order valence-corrected chi connectivity index (χ2v) is 21.1. The first-order chi connectivity index (χ1) is 22.7. The molecule has 2 amide bonds. The number of nitrogens with zero attached hydrogens (tertiary/aromatic N) is 3. The van der Waals surface area contributed by atoms with E-state index in [0.717, 1.165) is 48.5 Å². The summed E-state index contributed by atoms with van der Waals surface area (Å²) in [5.74, 6) is 1.78. The molecule has 0 unspecified atom stereocenters. The van der Waals surface area contributed by atoms with E-state index in [1.807, 2.05) is 50.5 Å². The fourth-order valence-electron chi connectivity index (χ4n) is 6.01. The van der Waals surface area contributed by atoms with Gasteiger partial charge in [0.05, 0.1) is 24.8 Å². The summed E-state index contributed by atoms with van der Waals surface area (Å²) in [6, 6.07) is 6.79. The summed E-state index contributed by atoms with van der Waals surface area (Å²) in [6.45, 7) is 16.0. The van der Waals surface area contributed by atoms with Gasteiger partial charge in [-0.2, -0.15) is 0 Å². The quantitative estimate of drug-likeness (QED) is 0.145. The average Bonchev–Trinajstić information content (AvgIpc) is 3.79. The lowest BCUT2D eigenvalue weighted by Crippen LogP contribution is -2.45. The van der Waals surface area contributed by atoms with Gasteiger partial charge in [0.1, 0.15) is 41.4 Å². The van der Waals surface area contributed by atoms with Crippen molar-refractivity contribution >= 4 is 31.1 Å². The Bertz CT molecular complexity index is 1600. The molecule has 0 spiro atoms. The molecule has 2 N–H and O–H groups in total. The van der Waals surface area contributed by atoms with Gasteiger partial charge in [-0.25, -0.2) is 14.8 Å². The minimum atomic E-state index is -1.30. The van der Waals surface area contributed by atoms with E-state index in [9.17, 15) is 9.59 Å². The van der Waals surface area contributed by atoms with Crippen molar-refractivity contribution in [2.75, 3.05) is 20.3 Å². The first kappa shape index (κ1) is 35.7. The van der Waals surface area contributed by atoms with Crippen molar-refractivity contribution in [1.82, 2.24) is 25.2 Å². The summed E-state index contributed by atoms with van der Waals surface area (Å²) < 4.78 is 25.6. The fourth-order valence-corrected chi connectivity index (χ4v) is 6.76. The zero-order chi connectivity index (χ0) is 34.6. The highest BCUT2D eigenvalue weighted by Gasteiger charge is 2.30. The van der Waals surface area contributed by atoms with Gasteiger partial charge in [-0.3, -0.25) is 4.79 Å². The minimum absolute atomic E-state index is 0.0149. The van der Waals surface area contributed by atoms with Gasteiger partial charge in [-0.05, 0) is 90.3 Å². The van der Waals surface area contributed by atoms with Crippen molar-refractivity contribution in [3.05, 3.63) is 35.8 Å². The average molecular weight is 680 g/mol. The van der Waals surface area contributed by atoms with Crippen LogP contribution < -0.4 is 20.1 Å². The Labute approximate surface area is 285 Å². The predicted octanol–water partition coefficient (Wildman–Crippen LogP) is 7.08. The van der Waals surface area contributed by atoms with Gasteiger partial charge in [-0.15, -0.1) is 0 Å². The van der Waals surface area contributed by atoms with Crippen LogP contribution in [0.3, 0.4) is 0 Å². The molecule has 3 aromatic rings. The van der Waals surface area contributed by atoms with E-state index in [0.29, 0.717) is 47.4 Å². The maximum atomic E-state index is 14.1. The SMILES string of the molecule is COc1ccc(-c2ncnc3c(C(=O)NC4CCC(NC(=O)OC(C)(C)C)CC4)c(C)n(COCC[Si](C)(C)C)c23)c(OCC2CC2)c1. The monoisotopic (exact) mass is 679 g/mol. The van der Waals surface area contributed by atoms with E-state index in [1.54, 1.807) is 7.11 Å². The van der Waals surface area contributed by atoms with Gasteiger partial charge in [0.15, 0.2) is 0 Å². The number of hydrogen-bond donors (Lipinski definition) is 2. The highest BCUT2D eigenvalue weighted by Crippen LogP contribution is 2.39. The highest BCUT2D eigenvalue weighted by atomic mass is 28.3. The van der Waals surface area contributed by atoms with Crippen LogP contribution >= 0.6 is 0 Å². The van der Waals surface area contributed by atoms with Gasteiger partial charge < -0.3 is 34.1 Å². The van der Waals surface area contributed by atoms with Crippen LogP contribution in [0.2, 0.25) is 25.7 Å². The summed E-state index contributed by atoms with van der Waals surface area (Å²) in [5, 5.41) is 6.25. The van der Waals surface area contributed by atoms with E-state index in [2.05, 4.69) is 35.3 Å². The van der Waals surface area contributed by atoms with Crippen LogP contribution in [-0.4, -0.2) is 72.6 Å². The molecule has 2 aliphatic rings. The molecule has 0 aliphatic heterocycles. The molecule has 0 bridgehead atoms. The Hall–Kier alpha value is -3.64. The van der Waals surface area contributed by atoms with Crippen molar-refractivity contribution in [3.8, 4) is 22.8 Å². The number of methoxy groups -OCH3 is 1. The maximum Gasteiger partial charge on any atom is 0.407 e. The molecule has 2 saturated carbocycles. The fraction of sp³-hybridized carbons (Fsp3) is 0.611. The van der Waals surface area contributed by atoms with Crippen molar-refractivity contribution < 1.29 is 28.5 Å². The molecule has 0 atom stereocenters. The molecule has 12 heteroatoms. The summed E-state index contributed by atoms with van der Waals surface area (Å²) in [5.41, 5.74) is 3.54. The van der Waals surface area contributed by atoms with Crippen LogP contribution in [0.4, 0.5) is 4.79 Å². The molecule has 11 nitrogen and oxygen atoms in total. The Kier molecular flexibility index (Phi) is 11.0. The summed E-state index contributed by atoms with van der Waals surface area (Å²) >= 11 is 0. The molecule has 2 fully saturated rings. The van der Waals surface area contributed by atoms with E-state index in [4.69, 9.17) is 23.9 Å². The van der Waals surface area contributed by atoms with Crippen LogP contribution in [0.1, 0.15) is 75.3 Å². The normalized spacial score (nSPS) is 18.4. The van der Waals surface area contributed by atoms with E-state index >= 15 is 0 Å². The number of alkyl carbamates (subject to hydrolysis) is 1. The molecule has 0 saturated heterocycles. The van der Waals surface area contributed by atoms with Crippen LogP contribution in [0, 0.1) is 12.8 Å². The van der Waals surface area contributed by atoms with Crippen molar-refractivity contribution in [1.29, 1.82) is 0 Å². The van der Waals surface area contributed by atoms with Crippen LogP contribution in [0.5, 0.6) is 11.5 Å². The lowest BCUT2D eigenvalue weighted by Gasteiger charge is -2.30. The highest BCUT2D eigenvalue weighted by molar-refractivity contribution is 6.76. The lowest BCUT2D eigenvalue weighted by atomic mass is 9.91. The topological polar surface area (TPSA) is 126 Å². The molecule has 262 valence electrons. The van der Waals surface area contributed by atoms with Gasteiger partial charge >= 0.3 is 6.09 Å². The minimum Gasteiger partial charge on any atom is -0.497 e. The smallest absolute Gasteiger partial charge is 0.407 e. The summed E-state index contributed by atoms with van der Waals surface area (Å²) in [7, 11) is 0.342. The third kappa shape index (κ3) is 9.28. The van der Waals surface area contributed by atoms with Crippen LogP contribution in [0.15, 0.2) is 24.5 Å². The zero-order valence-electron chi connectivity index (χ0n) is 29.9. The zero-order valence-corrected chi connectivity index (χ0v) is 30.9. The first-order valence-corrected chi connectivity index (χ1v) is 21.0. The number of aromatic nitrogens is 3. The standard InChI is InChI=1S/C36H53N5O6Si/c1-23-30(34(42)39-25-11-13-26(14-12-25)40-35(43)47-36(2,3)4)32-33(41(23)22-45-17-18-48(6,7)8)31(37-21-38-32)28-16-15-27(44-5)19-29(28)46-20-24-9-10-24/h15-16,19,21,24-26H,9-14,17-18,20,22H2,1-8H3,(H,39,42)(H,40,43). The van der Waals surface area contributed by atoms with Crippen LogP contribution in [0.25, 0.3) is 22.3 Å². The Morgan fingerprint density at radius 1 is 1.00 bits per heavy atom. The largest absolute Gasteiger partial charge is 0.497 e. The van der Waals surface area contributed by atoms with Gasteiger partial charge in [0, 0.05) is 44.1 Å². The number of ether oxygens (including phenoxy) is 4. The number of carbonyl (C=O) groups is 2. The van der Waals surface area contributed by atoms with E-state index in [1.165, 1.54) is 19.2 Å². The Morgan fingerprint density at radius 2 is 1.69 bits per heavy atom. The Balaban J connectivity index is 1.42. The molecule has 2 heterocycles. The lowest BCUT2D eigenvalue weighted by molar-refractivity contribution is 0.0487. The van der Waals surface area contributed by atoms with Crippen molar-refractivity contribution in [2.24, 2.45) is 5.92 Å². The number of amides is 2. The third-order valence-electron chi connectivity index (χ3n) is 8.94. The van der Waals surface area contributed by atoms with Gasteiger partial charge in [0.2, 0.25) is 0 Å². The molecular weight excluding hydrogens is 627 g/mol. The number of carbonyl (C=O) groups excluding carboxylic acids is 2. The third-order valence-corrected chi connectivity index (χ3v) is 10.6. The number of hydrogen-bond acceptors (Lipinski definition) is 8. The Morgan fingerprint density at radius 3 is 2.31 bits per heavy atom. The molecule has 5 rings (SSSR count). The second kappa shape index (κ2) is 14.9. The summed E-state index contributed by atoms with van der Waals surface area (Å²) in [6.07, 6.45) is 6.47. The number of rotatable bonds is 13. The molecule has 48 heavy (non-hydrogen) atoms. The number of fused-ring (bicyclic) bond motifs is 1. The molecule has 1 aromatic carbocycles. The molecule has 0 radical (unpaired) electrons. The van der Waals surface area contributed by atoms with Gasteiger partial charge in [-0.1, -0.05) is 19.6 Å². The predicted molar refractivity (Wildman–Crippen MR) is 189 cm³/mol. The number of benzene rings is 1. The van der Waals surface area contributed by atoms with Crippen LogP contribution in [-0.2, 0) is 16.2 Å². The van der Waals surface area contributed by atoms with E-state index < -0.39 is 19.8 Å².